The SMILES string of the molecule is CCCCc1nc(C(F)(F)C(F)(F)F)c(C(C)O)[nH]1. The monoisotopic (exact) mass is 286 g/mol. The van der Waals surface area contributed by atoms with Crippen molar-refractivity contribution in [3.05, 3.63) is 17.2 Å². The van der Waals surface area contributed by atoms with Gasteiger partial charge in [0.05, 0.1) is 11.8 Å². The second-order valence-electron chi connectivity index (χ2n) is 4.30. The first-order chi connectivity index (χ1) is 8.61. The van der Waals surface area contributed by atoms with Gasteiger partial charge in [-0.05, 0) is 13.3 Å². The number of alkyl halides is 5. The molecule has 1 unspecified atom stereocenters. The van der Waals surface area contributed by atoms with Crippen molar-refractivity contribution in [2.75, 3.05) is 0 Å². The molecule has 0 spiro atoms. The molecule has 0 fully saturated rings. The molecule has 0 saturated carbocycles. The summed E-state index contributed by atoms with van der Waals surface area (Å²) in [5, 5.41) is 9.30. The van der Waals surface area contributed by atoms with Crippen LogP contribution >= 0.6 is 0 Å². The van der Waals surface area contributed by atoms with Gasteiger partial charge < -0.3 is 10.1 Å². The highest BCUT2D eigenvalue weighted by Crippen LogP contribution is 2.45. The predicted octanol–water partition coefficient (Wildman–Crippen LogP) is 3.46. The first-order valence-electron chi connectivity index (χ1n) is 5.83. The van der Waals surface area contributed by atoms with E-state index < -0.39 is 29.6 Å². The maximum Gasteiger partial charge on any atom is 0.459 e. The number of hydrogen-bond acceptors (Lipinski definition) is 2. The van der Waals surface area contributed by atoms with Gasteiger partial charge in [-0.1, -0.05) is 13.3 Å². The lowest BCUT2D eigenvalue weighted by Gasteiger charge is -2.19. The number of aryl methyl sites for hydroxylation is 1. The third-order valence-corrected chi connectivity index (χ3v) is 2.62. The molecule has 2 N–H and O–H groups in total. The van der Waals surface area contributed by atoms with E-state index >= 15 is 0 Å². The molecule has 0 amide bonds. The zero-order valence-corrected chi connectivity index (χ0v) is 10.5. The minimum absolute atomic E-state index is 0.0247. The van der Waals surface area contributed by atoms with Crippen molar-refractivity contribution >= 4 is 0 Å². The van der Waals surface area contributed by atoms with Crippen molar-refractivity contribution in [1.82, 2.24) is 9.97 Å². The van der Waals surface area contributed by atoms with Crippen molar-refractivity contribution in [2.24, 2.45) is 0 Å². The van der Waals surface area contributed by atoms with Crippen LogP contribution in [-0.4, -0.2) is 21.3 Å². The molecule has 1 atom stereocenters. The van der Waals surface area contributed by atoms with Crippen LogP contribution in [0.4, 0.5) is 22.0 Å². The summed E-state index contributed by atoms with van der Waals surface area (Å²) in [6, 6.07) is 0. The number of nitrogens with one attached hydrogen (secondary N) is 1. The van der Waals surface area contributed by atoms with Gasteiger partial charge >= 0.3 is 12.1 Å². The molecule has 0 aliphatic carbocycles. The largest absolute Gasteiger partial charge is 0.459 e. The van der Waals surface area contributed by atoms with E-state index in [0.717, 1.165) is 13.3 Å². The third-order valence-electron chi connectivity index (χ3n) is 2.62. The molecule has 1 aromatic heterocycles. The lowest BCUT2D eigenvalue weighted by Crippen LogP contribution is -2.35. The smallest absolute Gasteiger partial charge is 0.387 e. The topological polar surface area (TPSA) is 48.9 Å². The average molecular weight is 286 g/mol. The summed E-state index contributed by atoms with van der Waals surface area (Å²) in [6.45, 7) is 2.96. The van der Waals surface area contributed by atoms with Crippen LogP contribution in [0, 0.1) is 0 Å². The zero-order valence-electron chi connectivity index (χ0n) is 10.5. The van der Waals surface area contributed by atoms with E-state index in [4.69, 9.17) is 0 Å². The number of halogens is 5. The minimum Gasteiger partial charge on any atom is -0.387 e. The van der Waals surface area contributed by atoms with Gasteiger partial charge in [-0.3, -0.25) is 0 Å². The van der Waals surface area contributed by atoms with Crippen molar-refractivity contribution in [3.8, 4) is 0 Å². The molecule has 0 aliphatic rings. The number of aliphatic hydroxyl groups is 1. The molecule has 1 rings (SSSR count). The number of hydrogen-bond donors (Lipinski definition) is 2. The number of imidazole rings is 1. The number of aromatic amines is 1. The van der Waals surface area contributed by atoms with Gasteiger partial charge in [0, 0.05) is 6.42 Å². The summed E-state index contributed by atoms with van der Waals surface area (Å²) in [5.74, 6) is -5.06. The number of nitrogens with zero attached hydrogens (tertiary/aromatic N) is 1. The van der Waals surface area contributed by atoms with Crippen LogP contribution in [0.3, 0.4) is 0 Å². The maximum absolute atomic E-state index is 13.3. The fraction of sp³-hybridized carbons (Fsp3) is 0.727. The number of aromatic nitrogens is 2. The third kappa shape index (κ3) is 3.23. The van der Waals surface area contributed by atoms with Crippen molar-refractivity contribution in [3.63, 3.8) is 0 Å². The Morgan fingerprint density at radius 3 is 2.26 bits per heavy atom. The fourth-order valence-corrected chi connectivity index (χ4v) is 1.58. The standard InChI is InChI=1S/C11H15F5N2O/c1-3-4-5-7-17-8(6(2)19)9(18-7)10(12,13)11(14,15)16/h6,19H,3-5H2,1-2H3,(H,17,18). The van der Waals surface area contributed by atoms with Crippen LogP contribution in [0.15, 0.2) is 0 Å². The van der Waals surface area contributed by atoms with Crippen LogP contribution in [0.5, 0.6) is 0 Å². The zero-order chi connectivity index (χ0) is 14.8. The Labute approximate surface area is 106 Å². The molecule has 19 heavy (non-hydrogen) atoms. The Kier molecular flexibility index (Phi) is 4.54. The highest BCUT2D eigenvalue weighted by Gasteiger charge is 2.61. The molecule has 0 radical (unpaired) electrons. The molecular formula is C11H15F5N2O. The average Bonchev–Trinajstić information content (AvgIpc) is 2.69. The molecule has 110 valence electrons. The lowest BCUT2D eigenvalue weighted by atomic mass is 10.1. The quantitative estimate of drug-likeness (QED) is 0.814. The Hall–Kier alpha value is -1.18. The van der Waals surface area contributed by atoms with E-state index in [1.807, 2.05) is 6.92 Å². The van der Waals surface area contributed by atoms with Gasteiger partial charge in [-0.15, -0.1) is 0 Å². The molecule has 0 saturated heterocycles. The minimum atomic E-state index is -5.74. The van der Waals surface area contributed by atoms with E-state index in [1.165, 1.54) is 0 Å². The highest BCUT2D eigenvalue weighted by molar-refractivity contribution is 5.23. The Morgan fingerprint density at radius 1 is 1.26 bits per heavy atom. The van der Waals surface area contributed by atoms with E-state index in [2.05, 4.69) is 9.97 Å². The maximum atomic E-state index is 13.3. The summed E-state index contributed by atoms with van der Waals surface area (Å²) in [6.07, 6.45) is -5.62. The highest BCUT2D eigenvalue weighted by atomic mass is 19.4. The van der Waals surface area contributed by atoms with Gasteiger partial charge in [0.15, 0.2) is 0 Å². The van der Waals surface area contributed by atoms with E-state index in [9.17, 15) is 27.1 Å². The molecule has 0 aliphatic heterocycles. The van der Waals surface area contributed by atoms with Gasteiger partial charge in [0.1, 0.15) is 11.5 Å². The van der Waals surface area contributed by atoms with Crippen LogP contribution in [0.1, 0.15) is 50.0 Å². The van der Waals surface area contributed by atoms with E-state index in [0.29, 0.717) is 6.42 Å². The summed E-state index contributed by atoms with van der Waals surface area (Å²) in [4.78, 5) is 5.67. The molecule has 3 nitrogen and oxygen atoms in total. The van der Waals surface area contributed by atoms with Crippen LogP contribution in [0.2, 0.25) is 0 Å². The summed E-state index contributed by atoms with van der Waals surface area (Å²) in [7, 11) is 0. The molecule has 1 aromatic rings. The van der Waals surface area contributed by atoms with E-state index in [-0.39, 0.29) is 12.2 Å². The normalized spacial score (nSPS) is 14.7. The number of rotatable bonds is 5. The second kappa shape index (κ2) is 5.44. The van der Waals surface area contributed by atoms with Crippen molar-refractivity contribution in [1.29, 1.82) is 0 Å². The van der Waals surface area contributed by atoms with Crippen LogP contribution < -0.4 is 0 Å². The summed E-state index contributed by atoms with van der Waals surface area (Å²) in [5.41, 5.74) is -2.03. The van der Waals surface area contributed by atoms with Crippen molar-refractivity contribution in [2.45, 2.75) is 51.3 Å². The number of unbranched alkanes of at least 4 members (excludes halogenated alkanes) is 1. The lowest BCUT2D eigenvalue weighted by molar-refractivity contribution is -0.291. The van der Waals surface area contributed by atoms with Gasteiger partial charge in [-0.2, -0.15) is 22.0 Å². The molecule has 8 heteroatoms. The Balaban J connectivity index is 3.21. The predicted molar refractivity (Wildman–Crippen MR) is 57.8 cm³/mol. The van der Waals surface area contributed by atoms with Gasteiger partial charge in [0.25, 0.3) is 0 Å². The fourth-order valence-electron chi connectivity index (χ4n) is 1.58. The molecule has 0 bridgehead atoms. The van der Waals surface area contributed by atoms with Crippen LogP contribution in [-0.2, 0) is 12.3 Å². The first kappa shape index (κ1) is 15.9. The summed E-state index contributed by atoms with van der Waals surface area (Å²) < 4.78 is 63.6. The molecule has 0 aromatic carbocycles. The van der Waals surface area contributed by atoms with Crippen molar-refractivity contribution < 1.29 is 27.1 Å². The van der Waals surface area contributed by atoms with Crippen LogP contribution in [0.25, 0.3) is 0 Å². The van der Waals surface area contributed by atoms with E-state index in [1.54, 1.807) is 0 Å². The number of aliphatic hydroxyl groups excluding tert-OH is 1. The van der Waals surface area contributed by atoms with Gasteiger partial charge in [-0.25, -0.2) is 4.98 Å². The molecule has 1 heterocycles. The molecular weight excluding hydrogens is 271 g/mol. The Bertz CT molecular complexity index is 425. The summed E-state index contributed by atoms with van der Waals surface area (Å²) >= 11 is 0. The number of H-pyrrole nitrogens is 1. The Morgan fingerprint density at radius 2 is 1.84 bits per heavy atom. The van der Waals surface area contributed by atoms with Gasteiger partial charge in [0.2, 0.25) is 0 Å². The first-order valence-corrected chi connectivity index (χ1v) is 5.83. The second-order valence-corrected chi connectivity index (χ2v) is 4.30.